The maximum Gasteiger partial charge on any atom is 0.141 e. The van der Waals surface area contributed by atoms with Crippen molar-refractivity contribution < 1.29 is 9.47 Å². The van der Waals surface area contributed by atoms with Gasteiger partial charge < -0.3 is 9.47 Å². The van der Waals surface area contributed by atoms with Gasteiger partial charge in [-0.25, -0.2) is 4.90 Å². The van der Waals surface area contributed by atoms with E-state index in [2.05, 4.69) is 205 Å². The van der Waals surface area contributed by atoms with Crippen LogP contribution in [0.5, 0.6) is 0 Å². The van der Waals surface area contributed by atoms with Crippen molar-refractivity contribution in [2.24, 2.45) is 0 Å². The fourth-order valence-corrected chi connectivity index (χ4v) is 12.7. The molecule has 254 valence electrons. The topological polar surface area (TPSA) is 21.7 Å². The van der Waals surface area contributed by atoms with Gasteiger partial charge in [-0.1, -0.05) is 200 Å². The van der Waals surface area contributed by atoms with Crippen LogP contribution >= 0.6 is 15.8 Å². The molecule has 2 fully saturated rings. The van der Waals surface area contributed by atoms with Gasteiger partial charge in [0.15, 0.2) is 0 Å². The van der Waals surface area contributed by atoms with Crippen LogP contribution in [0.25, 0.3) is 0 Å². The molecule has 2 saturated heterocycles. The van der Waals surface area contributed by atoms with Gasteiger partial charge in [0.25, 0.3) is 0 Å². The maximum absolute atomic E-state index is 7.35. The lowest BCUT2D eigenvalue weighted by Gasteiger charge is -2.33. The van der Waals surface area contributed by atoms with E-state index >= 15 is 0 Å². The van der Waals surface area contributed by atoms with Crippen LogP contribution < -0.4 is 31.8 Å². The number of rotatable bonds is 9. The first-order chi connectivity index (χ1) is 25.8. The first kappa shape index (κ1) is 33.1. The Kier molecular flexibility index (Phi) is 9.62. The smallest absolute Gasteiger partial charge is 0.141 e. The van der Waals surface area contributed by atoms with Crippen LogP contribution in [0.15, 0.2) is 200 Å². The number of hydrogen-bond acceptors (Lipinski definition) is 3. The predicted molar refractivity (Wildman–Crippen MR) is 218 cm³/mol. The molecule has 9 rings (SSSR count). The Bertz CT molecular complexity index is 2140. The van der Waals surface area contributed by atoms with Gasteiger partial charge in [-0.15, -0.1) is 0 Å². The van der Waals surface area contributed by atoms with Gasteiger partial charge in [0.05, 0.1) is 12.6 Å². The second-order valence-corrected chi connectivity index (χ2v) is 17.5. The Morgan fingerprint density at radius 3 is 1.21 bits per heavy atom. The van der Waals surface area contributed by atoms with E-state index in [-0.39, 0.29) is 24.6 Å². The summed E-state index contributed by atoms with van der Waals surface area (Å²) in [7, 11) is -1.70. The molecule has 0 unspecified atom stereocenters. The van der Waals surface area contributed by atoms with Gasteiger partial charge in [0.2, 0.25) is 0 Å². The average molecular weight is 712 g/mol. The highest BCUT2D eigenvalue weighted by molar-refractivity contribution is 7.80. The highest BCUT2D eigenvalue weighted by Gasteiger charge is 2.53. The number of ether oxygens (including phenoxy) is 2. The monoisotopic (exact) mass is 711 g/mol. The van der Waals surface area contributed by atoms with E-state index in [4.69, 9.17) is 9.47 Å². The Morgan fingerprint density at radius 1 is 0.404 bits per heavy atom. The molecule has 2 heterocycles. The second kappa shape index (κ2) is 15.1. The minimum Gasteiger partial charge on any atom is -0.357 e. The number of fused-ring (bicyclic) bond motifs is 1. The first-order valence-electron chi connectivity index (χ1n) is 17.9. The van der Waals surface area contributed by atoms with Gasteiger partial charge in [-0.05, 0) is 53.2 Å². The summed E-state index contributed by atoms with van der Waals surface area (Å²) in [4.78, 5) is 2.54. The molecule has 7 aromatic carbocycles. The second-order valence-electron chi connectivity index (χ2n) is 13.2. The lowest BCUT2D eigenvalue weighted by Crippen LogP contribution is -2.36. The van der Waals surface area contributed by atoms with E-state index in [9.17, 15) is 0 Å². The fraction of sp³-hybridized carbons (Fsp3) is 0.106. The quantitative estimate of drug-likeness (QED) is 0.141. The van der Waals surface area contributed by atoms with E-state index < -0.39 is 15.8 Å². The zero-order valence-electron chi connectivity index (χ0n) is 28.7. The van der Waals surface area contributed by atoms with Crippen LogP contribution in [0, 0.1) is 0 Å². The van der Waals surface area contributed by atoms with Crippen molar-refractivity contribution in [3.8, 4) is 0 Å². The van der Waals surface area contributed by atoms with Crippen LogP contribution in [0.1, 0.15) is 35.3 Å². The zero-order valence-corrected chi connectivity index (χ0v) is 30.5. The summed E-state index contributed by atoms with van der Waals surface area (Å²) in [6.45, 7) is 0.581. The molecule has 0 spiro atoms. The Labute approximate surface area is 309 Å². The summed E-state index contributed by atoms with van der Waals surface area (Å²) in [6.07, 6.45) is -0.741. The summed E-state index contributed by atoms with van der Waals surface area (Å²) in [5, 5.41) is 7.91. The van der Waals surface area contributed by atoms with E-state index in [1.807, 2.05) is 0 Å². The summed E-state index contributed by atoms with van der Waals surface area (Å²) >= 11 is 0. The number of hydrogen-bond donors (Lipinski definition) is 0. The molecule has 0 aromatic heterocycles. The summed E-state index contributed by atoms with van der Waals surface area (Å²) in [5.74, 6) is 0. The highest BCUT2D eigenvalue weighted by atomic mass is 31.1. The van der Waals surface area contributed by atoms with Crippen molar-refractivity contribution in [1.29, 1.82) is 0 Å². The molecule has 0 bridgehead atoms. The largest absolute Gasteiger partial charge is 0.357 e. The van der Waals surface area contributed by atoms with E-state index in [1.165, 1.54) is 48.5 Å². The molecular formula is C47H39NO2P2. The molecule has 0 saturated carbocycles. The summed E-state index contributed by atoms with van der Waals surface area (Å²) in [5.41, 5.74) is 3.59. The Morgan fingerprint density at radius 2 is 0.769 bits per heavy atom. The summed E-state index contributed by atoms with van der Waals surface area (Å²) < 4.78 is 14.3. The third-order valence-corrected chi connectivity index (χ3v) is 15.1. The predicted octanol–water partition coefficient (Wildman–Crippen LogP) is 8.37. The molecule has 0 aliphatic carbocycles. The van der Waals surface area contributed by atoms with E-state index in [0.29, 0.717) is 6.61 Å². The lowest BCUT2D eigenvalue weighted by molar-refractivity contribution is -0.0758. The molecule has 0 N–H and O–H groups in total. The van der Waals surface area contributed by atoms with Crippen molar-refractivity contribution in [1.82, 2.24) is 4.90 Å². The van der Waals surface area contributed by atoms with Crippen molar-refractivity contribution in [2.75, 3.05) is 6.61 Å². The molecule has 2 aliphatic heterocycles. The van der Waals surface area contributed by atoms with Gasteiger partial charge in [0, 0.05) is 11.1 Å². The Hall–Kier alpha value is -4.72. The molecule has 0 amide bonds. The zero-order chi connectivity index (χ0) is 34.7. The number of nitrogens with zero attached hydrogens (tertiary/aromatic N) is 1. The molecule has 0 radical (unpaired) electrons. The Balaban J connectivity index is 1.20. The lowest BCUT2D eigenvalue weighted by atomic mass is 10.0. The van der Waals surface area contributed by atoms with Gasteiger partial charge in [-0.3, -0.25) is 0 Å². The molecule has 3 nitrogen and oxygen atoms in total. The van der Waals surface area contributed by atoms with Crippen molar-refractivity contribution in [3.63, 3.8) is 0 Å². The molecule has 7 aromatic rings. The van der Waals surface area contributed by atoms with Crippen molar-refractivity contribution in [3.05, 3.63) is 217 Å². The standard InChI is InChI=1S/C47H39NO2P2/c1-6-20-35(21-7-1)45-42-34-49-46(40-30-16-18-32-43(40)51(36-22-8-2-9-23-36)37-24-10-3-11-25-37)48(42)47(50-45)41-31-17-19-33-44(41)52(38-26-12-4-13-27-38)39-28-14-5-15-29-39/h1-33,42,45-47H,34H2/t42-,45-,46-,47+/m0/s1. The normalized spacial score (nSPS) is 20.0. The van der Waals surface area contributed by atoms with Gasteiger partial charge in [-0.2, -0.15) is 0 Å². The van der Waals surface area contributed by atoms with Crippen molar-refractivity contribution in [2.45, 2.75) is 24.6 Å². The number of benzene rings is 7. The highest BCUT2D eigenvalue weighted by Crippen LogP contribution is 2.52. The molecule has 4 atom stereocenters. The third-order valence-electron chi connectivity index (χ3n) is 10.0. The van der Waals surface area contributed by atoms with Crippen LogP contribution in [0.3, 0.4) is 0 Å². The molecular weight excluding hydrogens is 672 g/mol. The third kappa shape index (κ3) is 6.35. The molecule has 52 heavy (non-hydrogen) atoms. The van der Waals surface area contributed by atoms with Crippen LogP contribution in [-0.4, -0.2) is 17.5 Å². The SMILES string of the molecule is c1ccc([C@@H]2O[C@H](c3ccccc3P(c3ccccc3)c3ccccc3)N3[C@H](c4ccccc4P(c4ccccc4)c4ccccc4)OC[C@@H]23)cc1. The van der Waals surface area contributed by atoms with E-state index in [0.717, 1.165) is 0 Å². The summed E-state index contributed by atoms with van der Waals surface area (Å²) in [6, 6.07) is 72.5. The van der Waals surface area contributed by atoms with Crippen LogP contribution in [-0.2, 0) is 9.47 Å². The van der Waals surface area contributed by atoms with E-state index in [1.54, 1.807) is 0 Å². The minimum absolute atomic E-state index is 0.0397. The maximum atomic E-state index is 7.35. The first-order valence-corrected chi connectivity index (χ1v) is 20.6. The molecule has 5 heteroatoms. The minimum atomic E-state index is -0.859. The van der Waals surface area contributed by atoms with Gasteiger partial charge >= 0.3 is 0 Å². The van der Waals surface area contributed by atoms with Gasteiger partial charge in [0.1, 0.15) is 18.6 Å². The fourth-order valence-electron chi connectivity index (χ4n) is 7.77. The average Bonchev–Trinajstić information content (AvgIpc) is 3.82. The van der Waals surface area contributed by atoms with Crippen LogP contribution in [0.2, 0.25) is 0 Å². The van der Waals surface area contributed by atoms with Crippen LogP contribution in [0.4, 0.5) is 0 Å². The van der Waals surface area contributed by atoms with Crippen molar-refractivity contribution >= 4 is 47.7 Å². The molecule has 2 aliphatic rings.